The van der Waals surface area contributed by atoms with E-state index in [0.29, 0.717) is 22.5 Å². The molecule has 1 atom stereocenters. The summed E-state index contributed by atoms with van der Waals surface area (Å²) in [5.41, 5.74) is 0.943. The van der Waals surface area contributed by atoms with Gasteiger partial charge in [-0.25, -0.2) is 0 Å². The van der Waals surface area contributed by atoms with E-state index < -0.39 is 0 Å². The smallest absolute Gasteiger partial charge is 0.227 e. The third kappa shape index (κ3) is 4.65. The number of carbonyl (C=O) groups excluding carboxylic acids is 1. The lowest BCUT2D eigenvalue weighted by molar-refractivity contribution is -0.133. The Hall–Kier alpha value is -0.770. The first-order chi connectivity index (χ1) is 11.6. The van der Waals surface area contributed by atoms with Gasteiger partial charge < -0.3 is 9.80 Å². The van der Waals surface area contributed by atoms with Crippen LogP contribution in [-0.4, -0.2) is 47.9 Å². The Morgan fingerprint density at radius 2 is 1.75 bits per heavy atom. The van der Waals surface area contributed by atoms with Gasteiger partial charge in [-0.05, 0) is 56.5 Å². The molecule has 1 unspecified atom stereocenters. The molecule has 2 aliphatic heterocycles. The van der Waals surface area contributed by atoms with Gasteiger partial charge >= 0.3 is 0 Å². The molecule has 0 radical (unpaired) electrons. The van der Waals surface area contributed by atoms with Crippen LogP contribution in [0.5, 0.6) is 0 Å². The summed E-state index contributed by atoms with van der Waals surface area (Å²) >= 11 is 12.1. The van der Waals surface area contributed by atoms with Crippen molar-refractivity contribution in [3.8, 4) is 0 Å². The molecule has 0 saturated carbocycles. The van der Waals surface area contributed by atoms with Crippen molar-refractivity contribution >= 4 is 29.1 Å². The van der Waals surface area contributed by atoms with Crippen LogP contribution in [0.4, 0.5) is 0 Å². The molecule has 2 heterocycles. The number of benzene rings is 1. The summed E-state index contributed by atoms with van der Waals surface area (Å²) in [6.07, 6.45) is 7.70. The van der Waals surface area contributed by atoms with Crippen molar-refractivity contribution in [3.63, 3.8) is 0 Å². The van der Waals surface area contributed by atoms with Crippen molar-refractivity contribution in [2.75, 3.05) is 26.2 Å². The van der Waals surface area contributed by atoms with Gasteiger partial charge in [0.2, 0.25) is 5.91 Å². The molecular weight excluding hydrogens is 343 g/mol. The Labute approximate surface area is 154 Å². The molecule has 5 heteroatoms. The average Bonchev–Trinajstić information content (AvgIpc) is 2.95. The minimum Gasteiger partial charge on any atom is -0.338 e. The fraction of sp³-hybridized carbons (Fsp3) is 0.632. The van der Waals surface area contributed by atoms with E-state index in [0.717, 1.165) is 31.5 Å². The molecule has 3 rings (SSSR count). The largest absolute Gasteiger partial charge is 0.338 e. The highest BCUT2D eigenvalue weighted by Gasteiger charge is 2.28. The van der Waals surface area contributed by atoms with Gasteiger partial charge in [0.15, 0.2) is 0 Å². The van der Waals surface area contributed by atoms with Crippen LogP contribution in [0.15, 0.2) is 18.2 Å². The van der Waals surface area contributed by atoms with Crippen molar-refractivity contribution in [1.82, 2.24) is 9.80 Å². The Balaban J connectivity index is 1.67. The van der Waals surface area contributed by atoms with Crippen LogP contribution in [-0.2, 0) is 11.2 Å². The summed E-state index contributed by atoms with van der Waals surface area (Å²) < 4.78 is 0. The number of halogens is 2. The summed E-state index contributed by atoms with van der Waals surface area (Å²) in [6, 6.07) is 5.85. The predicted molar refractivity (Wildman–Crippen MR) is 99.8 cm³/mol. The van der Waals surface area contributed by atoms with E-state index in [9.17, 15) is 4.79 Å². The maximum Gasteiger partial charge on any atom is 0.227 e. The predicted octanol–water partition coefficient (Wildman–Crippen LogP) is 4.40. The standard InChI is InChI=1S/C19H26Cl2N2O/c20-17-8-7-15(12-18(17)21)13-19(24)23-11-3-1-2-6-16(23)14-22-9-4-5-10-22/h7-8,12,16H,1-6,9-11,13-14H2. The van der Waals surface area contributed by atoms with Crippen LogP contribution < -0.4 is 0 Å². The number of amides is 1. The van der Waals surface area contributed by atoms with E-state index in [1.165, 1.54) is 38.8 Å². The number of rotatable bonds is 4. The van der Waals surface area contributed by atoms with Crippen LogP contribution in [0.1, 0.15) is 44.1 Å². The van der Waals surface area contributed by atoms with Gasteiger partial charge in [0, 0.05) is 19.1 Å². The quantitative estimate of drug-likeness (QED) is 0.785. The van der Waals surface area contributed by atoms with E-state index in [2.05, 4.69) is 9.80 Å². The molecule has 1 amide bonds. The average molecular weight is 369 g/mol. The zero-order valence-corrected chi connectivity index (χ0v) is 15.7. The van der Waals surface area contributed by atoms with Crippen molar-refractivity contribution in [3.05, 3.63) is 33.8 Å². The van der Waals surface area contributed by atoms with Crippen LogP contribution in [0, 0.1) is 0 Å². The lowest BCUT2D eigenvalue weighted by Crippen LogP contribution is -2.46. The minimum absolute atomic E-state index is 0.222. The van der Waals surface area contributed by atoms with Crippen molar-refractivity contribution in [2.24, 2.45) is 0 Å². The number of hydrogen-bond acceptors (Lipinski definition) is 2. The Morgan fingerprint density at radius 3 is 2.50 bits per heavy atom. The number of carbonyl (C=O) groups is 1. The maximum atomic E-state index is 12.9. The Morgan fingerprint density at radius 1 is 1.00 bits per heavy atom. The number of nitrogens with zero attached hydrogens (tertiary/aromatic N) is 2. The molecule has 2 fully saturated rings. The Kier molecular flexibility index (Phi) is 6.43. The fourth-order valence-electron chi connectivity index (χ4n) is 3.88. The lowest BCUT2D eigenvalue weighted by atomic mass is 10.1. The SMILES string of the molecule is O=C(Cc1ccc(Cl)c(Cl)c1)N1CCCCCC1CN1CCCC1. The van der Waals surface area contributed by atoms with Crippen LogP contribution in [0.2, 0.25) is 10.0 Å². The molecule has 0 aromatic heterocycles. The van der Waals surface area contributed by atoms with Crippen molar-refractivity contribution in [1.29, 1.82) is 0 Å². The third-order valence-corrected chi connectivity index (χ3v) is 5.94. The highest BCUT2D eigenvalue weighted by molar-refractivity contribution is 6.42. The minimum atomic E-state index is 0.222. The second kappa shape index (κ2) is 8.55. The second-order valence-corrected chi connectivity index (χ2v) is 7.84. The lowest BCUT2D eigenvalue weighted by Gasteiger charge is -2.33. The number of hydrogen-bond donors (Lipinski definition) is 0. The fourth-order valence-corrected chi connectivity index (χ4v) is 4.21. The molecule has 3 nitrogen and oxygen atoms in total. The van der Waals surface area contributed by atoms with Gasteiger partial charge in [0.05, 0.1) is 16.5 Å². The topological polar surface area (TPSA) is 23.6 Å². The zero-order valence-electron chi connectivity index (χ0n) is 14.1. The van der Waals surface area contributed by atoms with Crippen LogP contribution >= 0.6 is 23.2 Å². The highest BCUT2D eigenvalue weighted by Crippen LogP contribution is 2.24. The van der Waals surface area contributed by atoms with E-state index in [1.807, 2.05) is 12.1 Å². The Bertz CT molecular complexity index is 572. The van der Waals surface area contributed by atoms with Gasteiger partial charge in [0.25, 0.3) is 0 Å². The molecule has 2 saturated heterocycles. The van der Waals surface area contributed by atoms with E-state index in [-0.39, 0.29) is 5.91 Å². The van der Waals surface area contributed by atoms with E-state index in [1.54, 1.807) is 6.07 Å². The van der Waals surface area contributed by atoms with E-state index in [4.69, 9.17) is 23.2 Å². The van der Waals surface area contributed by atoms with Gasteiger partial charge in [-0.15, -0.1) is 0 Å². The zero-order chi connectivity index (χ0) is 16.9. The highest BCUT2D eigenvalue weighted by atomic mass is 35.5. The molecule has 2 aliphatic rings. The summed E-state index contributed by atoms with van der Waals surface area (Å²) in [7, 11) is 0. The monoisotopic (exact) mass is 368 g/mol. The first-order valence-electron chi connectivity index (χ1n) is 9.09. The normalized spacial score (nSPS) is 22.6. The molecule has 132 valence electrons. The summed E-state index contributed by atoms with van der Waals surface area (Å²) in [6.45, 7) is 4.29. The third-order valence-electron chi connectivity index (χ3n) is 5.20. The van der Waals surface area contributed by atoms with Gasteiger partial charge in [0.1, 0.15) is 0 Å². The van der Waals surface area contributed by atoms with Gasteiger partial charge in [-0.3, -0.25) is 4.79 Å². The van der Waals surface area contributed by atoms with Crippen LogP contribution in [0.3, 0.4) is 0 Å². The summed E-state index contributed by atoms with van der Waals surface area (Å²) in [5, 5.41) is 1.06. The first-order valence-corrected chi connectivity index (χ1v) is 9.85. The maximum absolute atomic E-state index is 12.9. The second-order valence-electron chi connectivity index (χ2n) is 7.02. The first kappa shape index (κ1) is 18.0. The van der Waals surface area contributed by atoms with Crippen LogP contribution in [0.25, 0.3) is 0 Å². The molecule has 1 aromatic carbocycles. The number of likely N-dealkylation sites (tertiary alicyclic amines) is 2. The van der Waals surface area contributed by atoms with Gasteiger partial charge in [-0.2, -0.15) is 0 Å². The van der Waals surface area contributed by atoms with E-state index >= 15 is 0 Å². The molecule has 1 aromatic rings. The molecule has 0 N–H and O–H groups in total. The summed E-state index contributed by atoms with van der Waals surface area (Å²) in [5.74, 6) is 0.222. The molecule has 0 spiro atoms. The molecule has 0 bridgehead atoms. The summed E-state index contributed by atoms with van der Waals surface area (Å²) in [4.78, 5) is 17.6. The van der Waals surface area contributed by atoms with Crippen molar-refractivity contribution < 1.29 is 4.79 Å². The van der Waals surface area contributed by atoms with Crippen molar-refractivity contribution in [2.45, 2.75) is 51.0 Å². The molecule has 24 heavy (non-hydrogen) atoms. The van der Waals surface area contributed by atoms with Gasteiger partial charge in [-0.1, -0.05) is 42.1 Å². The molecule has 0 aliphatic carbocycles. The molecular formula is C19H26Cl2N2O.